The molecule has 0 aliphatic carbocycles. The highest BCUT2D eigenvalue weighted by Gasteiger charge is 2.39. The number of aromatic hydroxyl groups is 1. The minimum Gasteiger partial charge on any atom is -0.507 e. The molecule has 28 heavy (non-hydrogen) atoms. The molecule has 1 saturated heterocycles. The van der Waals surface area contributed by atoms with Crippen LogP contribution in [0, 0.1) is 0 Å². The van der Waals surface area contributed by atoms with Crippen LogP contribution in [0.3, 0.4) is 0 Å². The Morgan fingerprint density at radius 3 is 2.43 bits per heavy atom. The van der Waals surface area contributed by atoms with Gasteiger partial charge in [-0.15, -0.1) is 11.3 Å². The maximum atomic E-state index is 10.8. The second-order valence-electron chi connectivity index (χ2n) is 9.03. The number of ether oxygens (including phenoxy) is 1. The fraction of sp³-hybridized carbons (Fsp3) is 0.522. The summed E-state index contributed by atoms with van der Waals surface area (Å²) in [7, 11) is 4.26. The number of nitrogens with zero attached hydrogens (tertiary/aromatic N) is 2. The summed E-state index contributed by atoms with van der Waals surface area (Å²) in [4.78, 5) is 7.35. The van der Waals surface area contributed by atoms with E-state index >= 15 is 0 Å². The first-order valence-electron chi connectivity index (χ1n) is 9.81. The van der Waals surface area contributed by atoms with Crippen LogP contribution in [0.2, 0.25) is 0 Å². The summed E-state index contributed by atoms with van der Waals surface area (Å²) in [5.74, 6) is 0.327. The van der Waals surface area contributed by atoms with Crippen molar-refractivity contribution in [1.82, 2.24) is 9.88 Å². The molecule has 1 N–H and O–H groups in total. The van der Waals surface area contributed by atoms with E-state index in [1.54, 1.807) is 11.3 Å². The number of benzene rings is 1. The first kappa shape index (κ1) is 21.0. The summed E-state index contributed by atoms with van der Waals surface area (Å²) in [6.07, 6.45) is 1.90. The Bertz CT molecular complexity index is 871. The summed E-state index contributed by atoms with van der Waals surface area (Å²) >= 11 is 1.72. The number of phenols is 1. The van der Waals surface area contributed by atoms with Gasteiger partial charge in [0.2, 0.25) is 0 Å². The molecule has 0 amide bonds. The number of phenolic OH excluding ortho intramolecular Hbond substituents is 1. The number of hydrogen-bond acceptors (Lipinski definition) is 5. The number of rotatable bonds is 4. The number of thiazole rings is 1. The fourth-order valence-electron chi connectivity index (χ4n) is 3.86. The minimum absolute atomic E-state index is 0.0673. The van der Waals surface area contributed by atoms with Gasteiger partial charge >= 0.3 is 0 Å². The van der Waals surface area contributed by atoms with Gasteiger partial charge < -0.3 is 9.84 Å². The first-order chi connectivity index (χ1) is 13.1. The number of aromatic nitrogens is 1. The molecule has 152 valence electrons. The highest BCUT2D eigenvalue weighted by molar-refractivity contribution is 7.10. The molecule has 1 aliphatic heterocycles. The van der Waals surface area contributed by atoms with Crippen LogP contribution in [0.25, 0.3) is 16.8 Å². The monoisotopic (exact) mass is 400 g/mol. The molecule has 1 aromatic heterocycles. The van der Waals surface area contributed by atoms with E-state index in [0.717, 1.165) is 59.0 Å². The van der Waals surface area contributed by atoms with Crippen molar-refractivity contribution in [2.45, 2.75) is 51.5 Å². The van der Waals surface area contributed by atoms with E-state index in [4.69, 9.17) is 9.72 Å². The largest absolute Gasteiger partial charge is 0.507 e. The van der Waals surface area contributed by atoms with E-state index in [9.17, 15) is 5.11 Å². The SMILES string of the molecule is C=C(C)c1cc(-c2csc(C3(N(C)C)CCOCC3)n2)cc(C(C)(C)C)c1O. The lowest BCUT2D eigenvalue weighted by Gasteiger charge is -2.41. The van der Waals surface area contributed by atoms with Gasteiger partial charge in [0.25, 0.3) is 0 Å². The molecule has 0 saturated carbocycles. The molecule has 0 bridgehead atoms. The lowest BCUT2D eigenvalue weighted by atomic mass is 9.83. The van der Waals surface area contributed by atoms with Crippen LogP contribution in [0.5, 0.6) is 5.75 Å². The molecule has 2 aromatic rings. The topological polar surface area (TPSA) is 45.6 Å². The lowest BCUT2D eigenvalue weighted by Crippen LogP contribution is -2.45. The van der Waals surface area contributed by atoms with Crippen molar-refractivity contribution < 1.29 is 9.84 Å². The van der Waals surface area contributed by atoms with Crippen molar-refractivity contribution in [1.29, 1.82) is 0 Å². The molecule has 4 nitrogen and oxygen atoms in total. The molecule has 0 unspecified atom stereocenters. The second kappa shape index (κ2) is 7.62. The van der Waals surface area contributed by atoms with E-state index in [1.165, 1.54) is 0 Å². The molecule has 0 spiro atoms. The van der Waals surface area contributed by atoms with Crippen molar-refractivity contribution in [2.24, 2.45) is 0 Å². The van der Waals surface area contributed by atoms with Crippen LogP contribution in [-0.2, 0) is 15.7 Å². The van der Waals surface area contributed by atoms with Crippen LogP contribution in [-0.4, -0.2) is 42.3 Å². The summed E-state index contributed by atoms with van der Waals surface area (Å²) in [6, 6.07) is 4.09. The third-order valence-corrected chi connectivity index (χ3v) is 6.79. The van der Waals surface area contributed by atoms with E-state index in [1.807, 2.05) is 13.0 Å². The highest BCUT2D eigenvalue weighted by Crippen LogP contribution is 2.42. The van der Waals surface area contributed by atoms with E-state index in [-0.39, 0.29) is 11.0 Å². The molecule has 3 rings (SSSR count). The fourth-order valence-corrected chi connectivity index (χ4v) is 5.03. The van der Waals surface area contributed by atoms with Gasteiger partial charge in [0.1, 0.15) is 10.8 Å². The van der Waals surface area contributed by atoms with Gasteiger partial charge in [-0.05, 0) is 57.0 Å². The third-order valence-electron chi connectivity index (χ3n) is 5.75. The Kier molecular flexibility index (Phi) is 5.72. The first-order valence-corrected chi connectivity index (χ1v) is 10.7. The molecule has 1 fully saturated rings. The Morgan fingerprint density at radius 2 is 1.89 bits per heavy atom. The Balaban J connectivity index is 2.10. The van der Waals surface area contributed by atoms with Gasteiger partial charge in [0.15, 0.2) is 0 Å². The Labute approximate surface area is 172 Å². The zero-order chi connectivity index (χ0) is 20.7. The Morgan fingerprint density at radius 1 is 1.25 bits per heavy atom. The molecular formula is C23H32N2O2S. The quantitative estimate of drug-likeness (QED) is 0.745. The lowest BCUT2D eigenvalue weighted by molar-refractivity contribution is -0.0106. The average molecular weight is 401 g/mol. The van der Waals surface area contributed by atoms with Crippen LogP contribution in [0.1, 0.15) is 56.7 Å². The predicted octanol–water partition coefficient (Wildman–Crippen LogP) is 5.41. The molecule has 1 aromatic carbocycles. The normalized spacial score (nSPS) is 17.1. The maximum Gasteiger partial charge on any atom is 0.126 e. The van der Waals surface area contributed by atoms with Crippen molar-refractivity contribution in [3.63, 3.8) is 0 Å². The summed E-state index contributed by atoms with van der Waals surface area (Å²) in [5.41, 5.74) is 4.33. The van der Waals surface area contributed by atoms with Gasteiger partial charge in [-0.25, -0.2) is 4.98 Å². The number of hydrogen-bond donors (Lipinski definition) is 1. The highest BCUT2D eigenvalue weighted by atomic mass is 32.1. The van der Waals surface area contributed by atoms with Crippen LogP contribution < -0.4 is 0 Å². The van der Waals surface area contributed by atoms with Crippen LogP contribution >= 0.6 is 11.3 Å². The summed E-state index contributed by atoms with van der Waals surface area (Å²) in [6.45, 7) is 13.9. The van der Waals surface area contributed by atoms with E-state index < -0.39 is 0 Å². The summed E-state index contributed by atoms with van der Waals surface area (Å²) in [5, 5.41) is 14.1. The smallest absolute Gasteiger partial charge is 0.126 e. The third kappa shape index (κ3) is 3.76. The standard InChI is InChI=1S/C23H32N2O2S/c1-15(2)17-12-16(13-18(20(17)26)22(3,4)5)19-14-28-21(24-19)23(25(6)7)8-10-27-11-9-23/h12-14,26H,1,8-11H2,2-7H3. The zero-order valence-corrected chi connectivity index (χ0v) is 18.7. The van der Waals surface area contributed by atoms with Crippen LogP contribution in [0.15, 0.2) is 24.1 Å². The van der Waals surface area contributed by atoms with E-state index in [2.05, 4.69) is 57.8 Å². The van der Waals surface area contributed by atoms with Gasteiger partial charge in [0, 0.05) is 35.3 Å². The van der Waals surface area contributed by atoms with Gasteiger partial charge in [0.05, 0.1) is 11.2 Å². The molecule has 1 aliphatic rings. The van der Waals surface area contributed by atoms with Crippen molar-refractivity contribution in [2.75, 3.05) is 27.3 Å². The molecule has 5 heteroatoms. The molecular weight excluding hydrogens is 368 g/mol. The van der Waals surface area contributed by atoms with Crippen molar-refractivity contribution >= 4 is 16.9 Å². The van der Waals surface area contributed by atoms with Crippen molar-refractivity contribution in [3.8, 4) is 17.0 Å². The maximum absolute atomic E-state index is 10.8. The second-order valence-corrected chi connectivity index (χ2v) is 9.88. The molecule has 0 atom stereocenters. The van der Waals surface area contributed by atoms with Gasteiger partial charge in [-0.3, -0.25) is 4.90 Å². The summed E-state index contributed by atoms with van der Waals surface area (Å²) < 4.78 is 5.61. The van der Waals surface area contributed by atoms with E-state index in [0.29, 0.717) is 5.75 Å². The zero-order valence-electron chi connectivity index (χ0n) is 17.9. The van der Waals surface area contributed by atoms with Crippen molar-refractivity contribution in [3.05, 3.63) is 40.2 Å². The van der Waals surface area contributed by atoms with Crippen LogP contribution in [0.4, 0.5) is 0 Å². The minimum atomic E-state index is -0.172. The van der Waals surface area contributed by atoms with Gasteiger partial charge in [-0.2, -0.15) is 0 Å². The average Bonchev–Trinajstić information content (AvgIpc) is 3.11. The predicted molar refractivity (Wildman–Crippen MR) is 118 cm³/mol. The molecule has 2 heterocycles. The number of allylic oxidation sites excluding steroid dienone is 1. The molecule has 0 radical (unpaired) electrons. The Hall–Kier alpha value is -1.69. The van der Waals surface area contributed by atoms with Gasteiger partial charge in [-0.1, -0.05) is 27.4 Å².